The van der Waals surface area contributed by atoms with Gasteiger partial charge in [0, 0.05) is 6.54 Å². The second-order valence-electron chi connectivity index (χ2n) is 2.56. The lowest BCUT2D eigenvalue weighted by Gasteiger charge is -2.00. The Morgan fingerprint density at radius 1 is 1.58 bits per heavy atom. The van der Waals surface area contributed by atoms with Crippen LogP contribution in [0.1, 0.15) is 5.56 Å². The summed E-state index contributed by atoms with van der Waals surface area (Å²) >= 11 is 0. The molecule has 1 N–H and O–H groups in total. The molecule has 3 nitrogen and oxygen atoms in total. The van der Waals surface area contributed by atoms with Gasteiger partial charge in [-0.3, -0.25) is 0 Å². The molecule has 0 saturated heterocycles. The molecule has 0 radical (unpaired) electrons. The third kappa shape index (κ3) is 1.13. The number of hydrogen-bond acceptors (Lipinski definition) is 2. The van der Waals surface area contributed by atoms with Crippen LogP contribution in [0.2, 0.25) is 0 Å². The Hall–Kier alpha value is -0.870. The fraction of sp³-hybridized carbons (Fsp3) is 0.250. The second-order valence-corrected chi connectivity index (χ2v) is 3.83. The van der Waals surface area contributed by atoms with Crippen LogP contribution in [0.25, 0.3) is 0 Å². The molecule has 1 aliphatic heterocycles. The first-order valence-electron chi connectivity index (χ1n) is 3.63. The van der Waals surface area contributed by atoms with E-state index in [-0.39, 0.29) is 0 Å². The van der Waals surface area contributed by atoms with Crippen LogP contribution in [0.15, 0.2) is 23.1 Å². The zero-order valence-electron chi connectivity index (χ0n) is 6.66. The number of benzene rings is 1. The van der Waals surface area contributed by atoms with E-state index in [2.05, 4.69) is 4.72 Å². The fourth-order valence-electron chi connectivity index (χ4n) is 1.22. The van der Waals surface area contributed by atoms with Gasteiger partial charge in [0.25, 0.3) is 0 Å². The zero-order chi connectivity index (χ0) is 8.55. The first-order chi connectivity index (χ1) is 5.81. The van der Waals surface area contributed by atoms with E-state index in [1.54, 1.807) is 7.11 Å². The van der Waals surface area contributed by atoms with Crippen molar-refractivity contribution in [1.29, 1.82) is 0 Å². The Morgan fingerprint density at radius 2 is 2.42 bits per heavy atom. The molecule has 1 heterocycles. The molecule has 1 atom stereocenters. The van der Waals surface area contributed by atoms with Gasteiger partial charge < -0.3 is 4.74 Å². The monoisotopic (exact) mass is 183 g/mol. The van der Waals surface area contributed by atoms with Crippen LogP contribution in [0.5, 0.6) is 5.75 Å². The molecule has 0 fully saturated rings. The number of hydrogen-bond donors (Lipinski definition) is 1. The molecule has 1 unspecified atom stereocenters. The van der Waals surface area contributed by atoms with Gasteiger partial charge in [-0.2, -0.15) is 0 Å². The second kappa shape index (κ2) is 2.88. The smallest absolute Gasteiger partial charge is 0.125 e. The van der Waals surface area contributed by atoms with Gasteiger partial charge in [-0.05, 0) is 23.8 Å². The molecule has 4 heteroatoms. The molecule has 1 aromatic rings. The van der Waals surface area contributed by atoms with E-state index in [0.29, 0.717) is 6.54 Å². The number of nitrogens with one attached hydrogen (secondary N) is 1. The van der Waals surface area contributed by atoms with Crippen LogP contribution in [-0.2, 0) is 17.5 Å². The molecule has 0 aliphatic carbocycles. The lowest BCUT2D eigenvalue weighted by Crippen LogP contribution is -2.05. The standard InChI is InChI=1S/C8H9NO2S/c1-11-7-2-3-8-6(4-7)5-9-12(8)10/h2-4,9H,5H2,1H3. The van der Waals surface area contributed by atoms with Crippen molar-refractivity contribution in [2.75, 3.05) is 7.11 Å². The van der Waals surface area contributed by atoms with Gasteiger partial charge >= 0.3 is 0 Å². The zero-order valence-corrected chi connectivity index (χ0v) is 7.48. The summed E-state index contributed by atoms with van der Waals surface area (Å²) < 4.78 is 19.1. The molecule has 0 bridgehead atoms. The van der Waals surface area contributed by atoms with Gasteiger partial charge in [0.15, 0.2) is 0 Å². The van der Waals surface area contributed by atoms with Gasteiger partial charge in [0.05, 0.1) is 12.0 Å². The van der Waals surface area contributed by atoms with Crippen LogP contribution in [0, 0.1) is 0 Å². The molecule has 0 aromatic heterocycles. The van der Waals surface area contributed by atoms with Crippen molar-refractivity contribution < 1.29 is 8.95 Å². The minimum atomic E-state index is -1.01. The normalized spacial score (nSPS) is 20.6. The fourth-order valence-corrected chi connectivity index (χ4v) is 2.23. The van der Waals surface area contributed by atoms with Gasteiger partial charge in [-0.25, -0.2) is 8.93 Å². The quantitative estimate of drug-likeness (QED) is 0.700. The molecule has 12 heavy (non-hydrogen) atoms. The van der Waals surface area contributed by atoms with E-state index < -0.39 is 11.0 Å². The predicted octanol–water partition coefficient (Wildman–Crippen LogP) is 0.821. The average molecular weight is 183 g/mol. The molecular weight excluding hydrogens is 174 g/mol. The van der Waals surface area contributed by atoms with E-state index >= 15 is 0 Å². The molecule has 2 rings (SSSR count). The van der Waals surface area contributed by atoms with Crippen molar-refractivity contribution in [2.24, 2.45) is 0 Å². The van der Waals surface area contributed by atoms with Gasteiger partial charge in [-0.1, -0.05) is 0 Å². The molecule has 0 saturated carbocycles. The summed E-state index contributed by atoms with van der Waals surface area (Å²) in [5.74, 6) is 0.814. The van der Waals surface area contributed by atoms with Crippen molar-refractivity contribution in [1.82, 2.24) is 4.72 Å². The van der Waals surface area contributed by atoms with Crippen molar-refractivity contribution in [2.45, 2.75) is 11.4 Å². The lowest BCUT2D eigenvalue weighted by atomic mass is 10.2. The molecule has 64 valence electrons. The number of methoxy groups -OCH3 is 1. The highest BCUT2D eigenvalue weighted by molar-refractivity contribution is 7.83. The van der Waals surface area contributed by atoms with Crippen molar-refractivity contribution in [3.05, 3.63) is 23.8 Å². The molecule has 0 amide bonds. The van der Waals surface area contributed by atoms with E-state index in [4.69, 9.17) is 4.74 Å². The number of ether oxygens (including phenoxy) is 1. The van der Waals surface area contributed by atoms with Gasteiger partial charge in [-0.15, -0.1) is 0 Å². The maximum absolute atomic E-state index is 11.2. The van der Waals surface area contributed by atoms with Crippen molar-refractivity contribution in [3.8, 4) is 5.75 Å². The van der Waals surface area contributed by atoms with Crippen LogP contribution in [0.4, 0.5) is 0 Å². The first-order valence-corrected chi connectivity index (χ1v) is 4.78. The van der Waals surface area contributed by atoms with Crippen molar-refractivity contribution >= 4 is 11.0 Å². The summed E-state index contributed by atoms with van der Waals surface area (Å²) in [6.45, 7) is 0.666. The number of rotatable bonds is 1. The first kappa shape index (κ1) is 7.76. The van der Waals surface area contributed by atoms with Crippen LogP contribution >= 0.6 is 0 Å². The summed E-state index contributed by atoms with van der Waals surface area (Å²) in [4.78, 5) is 0.871. The minimum Gasteiger partial charge on any atom is -0.497 e. The van der Waals surface area contributed by atoms with Crippen molar-refractivity contribution in [3.63, 3.8) is 0 Å². The Kier molecular flexibility index (Phi) is 1.86. The average Bonchev–Trinajstić information content (AvgIpc) is 2.47. The Labute approximate surface area is 73.3 Å². The summed E-state index contributed by atoms with van der Waals surface area (Å²) in [5, 5.41) is 0. The highest BCUT2D eigenvalue weighted by atomic mass is 32.2. The van der Waals surface area contributed by atoms with E-state index in [9.17, 15) is 4.21 Å². The van der Waals surface area contributed by atoms with E-state index in [1.807, 2.05) is 18.2 Å². The largest absolute Gasteiger partial charge is 0.497 e. The molecule has 0 spiro atoms. The van der Waals surface area contributed by atoms with E-state index in [1.165, 1.54) is 0 Å². The maximum Gasteiger partial charge on any atom is 0.125 e. The number of fused-ring (bicyclic) bond motifs is 1. The van der Waals surface area contributed by atoms with Gasteiger partial charge in [0.1, 0.15) is 16.7 Å². The SMILES string of the molecule is COc1ccc2c(c1)CNS2=O. The summed E-state index contributed by atoms with van der Waals surface area (Å²) in [5.41, 5.74) is 1.06. The third-order valence-electron chi connectivity index (χ3n) is 1.86. The predicted molar refractivity (Wildman–Crippen MR) is 46.2 cm³/mol. The molecule has 1 aliphatic rings. The highest BCUT2D eigenvalue weighted by Gasteiger charge is 2.17. The lowest BCUT2D eigenvalue weighted by molar-refractivity contribution is 0.414. The Morgan fingerprint density at radius 3 is 3.17 bits per heavy atom. The molecule has 1 aromatic carbocycles. The Bertz CT molecular complexity index is 338. The topological polar surface area (TPSA) is 38.3 Å². The Balaban J connectivity index is 2.48. The minimum absolute atomic E-state index is 0.666. The third-order valence-corrected chi connectivity index (χ3v) is 3.07. The van der Waals surface area contributed by atoms with E-state index in [0.717, 1.165) is 16.2 Å². The summed E-state index contributed by atoms with van der Waals surface area (Å²) in [6.07, 6.45) is 0. The molecular formula is C8H9NO2S. The highest BCUT2D eigenvalue weighted by Crippen LogP contribution is 2.23. The summed E-state index contributed by atoms with van der Waals surface area (Å²) in [7, 11) is 0.612. The van der Waals surface area contributed by atoms with Crippen LogP contribution < -0.4 is 9.46 Å². The van der Waals surface area contributed by atoms with Crippen LogP contribution in [-0.4, -0.2) is 11.3 Å². The summed E-state index contributed by atoms with van der Waals surface area (Å²) in [6, 6.07) is 5.57. The van der Waals surface area contributed by atoms with Gasteiger partial charge in [0.2, 0.25) is 0 Å². The van der Waals surface area contributed by atoms with Crippen LogP contribution in [0.3, 0.4) is 0 Å². The maximum atomic E-state index is 11.2.